The van der Waals surface area contributed by atoms with E-state index in [9.17, 15) is 4.79 Å². The lowest BCUT2D eigenvalue weighted by Gasteiger charge is -2.13. The summed E-state index contributed by atoms with van der Waals surface area (Å²) in [5.41, 5.74) is 3.47. The van der Waals surface area contributed by atoms with Crippen molar-refractivity contribution in [2.24, 2.45) is 0 Å². The molecule has 0 N–H and O–H groups in total. The van der Waals surface area contributed by atoms with Crippen molar-refractivity contribution in [3.05, 3.63) is 94.1 Å². The second kappa shape index (κ2) is 8.92. The first kappa shape index (κ1) is 21.4. The summed E-state index contributed by atoms with van der Waals surface area (Å²) in [6.45, 7) is 2.56. The van der Waals surface area contributed by atoms with Gasteiger partial charge in [0, 0.05) is 5.56 Å². The Bertz CT molecular complexity index is 1610. The number of rotatable bonds is 6. The van der Waals surface area contributed by atoms with Gasteiger partial charge in [0.1, 0.15) is 0 Å². The second-order valence-corrected chi connectivity index (χ2v) is 9.10. The van der Waals surface area contributed by atoms with Gasteiger partial charge in [0.25, 0.3) is 5.56 Å². The lowest BCUT2D eigenvalue weighted by Crippen LogP contribution is -2.24. The van der Waals surface area contributed by atoms with Crippen LogP contribution < -0.4 is 15.0 Å². The van der Waals surface area contributed by atoms with Crippen molar-refractivity contribution in [3.8, 4) is 22.9 Å². The smallest absolute Gasteiger partial charge is 0.262 e. The van der Waals surface area contributed by atoms with Gasteiger partial charge in [0.05, 0.1) is 23.2 Å². The number of fused-ring (bicyclic) bond motifs is 2. The fourth-order valence-electron chi connectivity index (χ4n) is 3.96. The van der Waals surface area contributed by atoms with Gasteiger partial charge in [0.15, 0.2) is 16.7 Å². The molecule has 3 heterocycles. The summed E-state index contributed by atoms with van der Waals surface area (Å²) in [6, 6.07) is 21.0. The Hall–Kier alpha value is -4.11. The Morgan fingerprint density at radius 1 is 0.971 bits per heavy atom. The molecule has 1 aliphatic rings. The van der Waals surface area contributed by atoms with Crippen LogP contribution in [0.25, 0.3) is 22.3 Å². The van der Waals surface area contributed by atoms with Crippen LogP contribution in [-0.2, 0) is 12.3 Å². The molecule has 9 heteroatoms. The zero-order chi connectivity index (χ0) is 23.8. The normalized spacial score (nSPS) is 12.4. The highest BCUT2D eigenvalue weighted by Gasteiger charge is 2.17. The molecule has 0 amide bonds. The van der Waals surface area contributed by atoms with Crippen LogP contribution >= 0.6 is 11.8 Å². The summed E-state index contributed by atoms with van der Waals surface area (Å²) in [5, 5.41) is 5.25. The van der Waals surface area contributed by atoms with Gasteiger partial charge in [-0.2, -0.15) is 4.98 Å². The summed E-state index contributed by atoms with van der Waals surface area (Å²) in [6.07, 6.45) is 0. The number of thioether (sulfide) groups is 1. The Balaban J connectivity index is 1.32. The second-order valence-electron chi connectivity index (χ2n) is 8.16. The number of aromatic nitrogens is 4. The highest BCUT2D eigenvalue weighted by molar-refractivity contribution is 7.98. The summed E-state index contributed by atoms with van der Waals surface area (Å²) in [4.78, 5) is 22.7. The molecule has 6 rings (SSSR count). The van der Waals surface area contributed by atoms with Crippen LogP contribution in [0.3, 0.4) is 0 Å². The van der Waals surface area contributed by atoms with E-state index in [0.29, 0.717) is 51.6 Å². The number of benzene rings is 3. The van der Waals surface area contributed by atoms with Crippen molar-refractivity contribution in [1.29, 1.82) is 0 Å². The van der Waals surface area contributed by atoms with Crippen LogP contribution in [-0.4, -0.2) is 26.5 Å². The third-order valence-electron chi connectivity index (χ3n) is 5.67. The van der Waals surface area contributed by atoms with Crippen LogP contribution in [0.5, 0.6) is 11.5 Å². The molecule has 0 bridgehead atoms. The van der Waals surface area contributed by atoms with Crippen LogP contribution in [0.4, 0.5) is 0 Å². The number of hydrogen-bond acceptors (Lipinski definition) is 8. The van der Waals surface area contributed by atoms with Crippen LogP contribution in [0.2, 0.25) is 0 Å². The average Bonchev–Trinajstić information content (AvgIpc) is 3.54. The summed E-state index contributed by atoms with van der Waals surface area (Å²) in [5.74, 6) is 2.75. The van der Waals surface area contributed by atoms with Gasteiger partial charge in [0.2, 0.25) is 18.5 Å². The van der Waals surface area contributed by atoms with E-state index in [1.54, 1.807) is 10.6 Å². The molecule has 0 fully saturated rings. The first-order valence-corrected chi connectivity index (χ1v) is 12.0. The van der Waals surface area contributed by atoms with Gasteiger partial charge >= 0.3 is 0 Å². The van der Waals surface area contributed by atoms with E-state index in [1.165, 1.54) is 11.8 Å². The predicted octanol–water partition coefficient (Wildman–Crippen LogP) is 4.82. The highest BCUT2D eigenvalue weighted by atomic mass is 32.2. The minimum absolute atomic E-state index is 0.109. The van der Waals surface area contributed by atoms with E-state index in [0.717, 1.165) is 16.7 Å². The minimum atomic E-state index is -0.109. The van der Waals surface area contributed by atoms with Crippen molar-refractivity contribution < 1.29 is 14.0 Å². The molecule has 35 heavy (non-hydrogen) atoms. The summed E-state index contributed by atoms with van der Waals surface area (Å²) >= 11 is 1.39. The highest BCUT2D eigenvalue weighted by Crippen LogP contribution is 2.33. The van der Waals surface area contributed by atoms with E-state index in [2.05, 4.69) is 10.1 Å². The molecule has 0 saturated carbocycles. The van der Waals surface area contributed by atoms with Crippen LogP contribution in [0.15, 0.2) is 81.2 Å². The third-order valence-corrected chi connectivity index (χ3v) is 6.63. The standard InChI is InChI=1S/C26H20N4O4S/c1-16-5-4-6-18(11-16)24-28-23(34-29-24)14-35-26-27-20-8-3-2-7-19(20)25(31)30(26)13-17-9-10-21-22(12-17)33-15-32-21/h2-12H,13-15H2,1H3. The van der Waals surface area contributed by atoms with Crippen LogP contribution in [0.1, 0.15) is 17.0 Å². The molecule has 0 atom stereocenters. The Morgan fingerprint density at radius 2 is 1.86 bits per heavy atom. The van der Waals surface area contributed by atoms with E-state index < -0.39 is 0 Å². The minimum Gasteiger partial charge on any atom is -0.454 e. The number of ether oxygens (including phenoxy) is 2. The lowest BCUT2D eigenvalue weighted by molar-refractivity contribution is 0.174. The number of nitrogens with zero attached hydrogens (tertiary/aromatic N) is 4. The quantitative estimate of drug-likeness (QED) is 0.250. The number of hydrogen-bond donors (Lipinski definition) is 0. The monoisotopic (exact) mass is 484 g/mol. The molecular formula is C26H20N4O4S. The maximum absolute atomic E-state index is 13.4. The molecule has 174 valence electrons. The molecule has 0 unspecified atom stereocenters. The summed E-state index contributed by atoms with van der Waals surface area (Å²) < 4.78 is 18.1. The van der Waals surface area contributed by atoms with Crippen molar-refractivity contribution in [2.45, 2.75) is 24.4 Å². The molecule has 2 aromatic heterocycles. The number of aryl methyl sites for hydroxylation is 1. The maximum atomic E-state index is 13.4. The molecule has 5 aromatic rings. The van der Waals surface area contributed by atoms with Crippen LogP contribution in [0, 0.1) is 6.92 Å². The SMILES string of the molecule is Cc1cccc(-c2noc(CSc3nc4ccccc4c(=O)n3Cc3ccc4c(c3)OCO4)n2)c1. The maximum Gasteiger partial charge on any atom is 0.262 e. The largest absolute Gasteiger partial charge is 0.454 e. The Labute approximate surface area is 204 Å². The van der Waals surface area contributed by atoms with Crippen molar-refractivity contribution in [2.75, 3.05) is 6.79 Å². The third kappa shape index (κ3) is 4.26. The van der Waals surface area contributed by atoms with E-state index in [1.807, 2.05) is 67.6 Å². The van der Waals surface area contributed by atoms with Crippen molar-refractivity contribution in [1.82, 2.24) is 19.7 Å². The topological polar surface area (TPSA) is 92.3 Å². The zero-order valence-electron chi connectivity index (χ0n) is 18.8. The van der Waals surface area contributed by atoms with Crippen molar-refractivity contribution in [3.63, 3.8) is 0 Å². The molecular weight excluding hydrogens is 464 g/mol. The van der Waals surface area contributed by atoms with E-state index in [4.69, 9.17) is 19.0 Å². The predicted molar refractivity (Wildman–Crippen MR) is 132 cm³/mol. The van der Waals surface area contributed by atoms with Gasteiger partial charge in [-0.3, -0.25) is 9.36 Å². The fraction of sp³-hybridized carbons (Fsp3) is 0.154. The molecule has 1 aliphatic heterocycles. The van der Waals surface area contributed by atoms with Gasteiger partial charge in [-0.1, -0.05) is 58.9 Å². The summed E-state index contributed by atoms with van der Waals surface area (Å²) in [7, 11) is 0. The Kier molecular flexibility index (Phi) is 5.46. The molecule has 0 saturated heterocycles. The molecule has 0 radical (unpaired) electrons. The molecule has 3 aromatic carbocycles. The molecule has 0 spiro atoms. The van der Waals surface area contributed by atoms with E-state index >= 15 is 0 Å². The number of para-hydroxylation sites is 1. The van der Waals surface area contributed by atoms with Gasteiger partial charge in [-0.15, -0.1) is 0 Å². The first-order valence-electron chi connectivity index (χ1n) is 11.0. The molecule has 8 nitrogen and oxygen atoms in total. The zero-order valence-corrected chi connectivity index (χ0v) is 19.6. The lowest BCUT2D eigenvalue weighted by atomic mass is 10.1. The van der Waals surface area contributed by atoms with Gasteiger partial charge in [-0.05, 0) is 42.8 Å². The fourth-order valence-corrected chi connectivity index (χ4v) is 4.80. The first-order chi connectivity index (χ1) is 17.1. The van der Waals surface area contributed by atoms with Gasteiger partial charge in [-0.25, -0.2) is 4.98 Å². The average molecular weight is 485 g/mol. The van der Waals surface area contributed by atoms with Crippen molar-refractivity contribution >= 4 is 22.7 Å². The van der Waals surface area contributed by atoms with Gasteiger partial charge < -0.3 is 14.0 Å². The Morgan fingerprint density at radius 3 is 2.77 bits per heavy atom. The molecule has 0 aliphatic carbocycles. The van der Waals surface area contributed by atoms with E-state index in [-0.39, 0.29) is 12.4 Å².